The number of carbonyl (C=O) groups is 4. The fourth-order valence-electron chi connectivity index (χ4n) is 3.82. The number of hydrogen-bond acceptors (Lipinski definition) is 11. The van der Waals surface area contributed by atoms with Gasteiger partial charge in [-0.3, -0.25) is 19.2 Å². The molecule has 0 aromatic rings. The van der Waals surface area contributed by atoms with Crippen molar-refractivity contribution in [2.45, 2.75) is 111 Å². The first-order valence-corrected chi connectivity index (χ1v) is 15.0. The van der Waals surface area contributed by atoms with Crippen LogP contribution in [0, 0.1) is 5.41 Å². The standard InChI is InChI=1S/C24H42O11Si/c1-14(25)30-13-18-20(31-15(2)26)21(32-16(3)27)22(33-17(4)28)23(34-18)29-12-10-11-19(24(5,6)7)35-36(8)9/h18-23,36H,10-13H2,1-9H3/t18-,19?,20+,21+,22-,23+/m1/s1. The maximum absolute atomic E-state index is 11.9. The molecule has 0 radical (unpaired) electrons. The zero-order valence-electron chi connectivity index (χ0n) is 22.9. The molecule has 1 saturated heterocycles. The van der Waals surface area contributed by atoms with Gasteiger partial charge in [0.25, 0.3) is 0 Å². The molecule has 0 aliphatic carbocycles. The molecule has 1 unspecified atom stereocenters. The van der Waals surface area contributed by atoms with Gasteiger partial charge in [0.05, 0.1) is 6.61 Å². The zero-order chi connectivity index (χ0) is 27.6. The summed E-state index contributed by atoms with van der Waals surface area (Å²) in [6.45, 7) is 15.3. The minimum atomic E-state index is -1.26. The van der Waals surface area contributed by atoms with E-state index in [9.17, 15) is 19.2 Å². The molecule has 36 heavy (non-hydrogen) atoms. The van der Waals surface area contributed by atoms with Gasteiger partial charge < -0.3 is 32.8 Å². The molecule has 0 saturated carbocycles. The summed E-state index contributed by atoms with van der Waals surface area (Å²) >= 11 is 0. The number of ether oxygens (including phenoxy) is 6. The van der Waals surface area contributed by atoms with E-state index in [1.54, 1.807) is 0 Å². The minimum absolute atomic E-state index is 0.0446. The lowest BCUT2D eigenvalue weighted by molar-refractivity contribution is -0.308. The van der Waals surface area contributed by atoms with Crippen molar-refractivity contribution in [3.05, 3.63) is 0 Å². The van der Waals surface area contributed by atoms with E-state index in [-0.39, 0.29) is 24.7 Å². The van der Waals surface area contributed by atoms with E-state index in [1.165, 1.54) is 27.7 Å². The highest BCUT2D eigenvalue weighted by atomic mass is 28.3. The van der Waals surface area contributed by atoms with Crippen LogP contribution in [0.2, 0.25) is 13.1 Å². The van der Waals surface area contributed by atoms with Crippen LogP contribution in [-0.4, -0.2) is 82.9 Å². The SMILES string of the molecule is CC(=O)OC[C@H]1O[C@H](OCCCC(O[SiH](C)C)C(C)(C)C)[C@H](OC(C)=O)[C@@H](OC(C)=O)[C@H]1OC(C)=O. The van der Waals surface area contributed by atoms with E-state index in [2.05, 4.69) is 33.9 Å². The smallest absolute Gasteiger partial charge is 0.303 e. The van der Waals surface area contributed by atoms with E-state index in [0.29, 0.717) is 6.42 Å². The molecule has 0 amide bonds. The van der Waals surface area contributed by atoms with Gasteiger partial charge in [-0.05, 0) is 31.4 Å². The summed E-state index contributed by atoms with van der Waals surface area (Å²) in [5, 5.41) is 0. The van der Waals surface area contributed by atoms with Crippen LogP contribution in [0.25, 0.3) is 0 Å². The van der Waals surface area contributed by atoms with Gasteiger partial charge in [0.1, 0.15) is 12.7 Å². The summed E-state index contributed by atoms with van der Waals surface area (Å²) in [5.74, 6) is -2.62. The van der Waals surface area contributed by atoms with Gasteiger partial charge in [0, 0.05) is 33.8 Å². The van der Waals surface area contributed by atoms with Crippen molar-refractivity contribution >= 4 is 32.9 Å². The highest BCUT2D eigenvalue weighted by Crippen LogP contribution is 2.31. The molecule has 0 aromatic carbocycles. The number of carbonyl (C=O) groups excluding carboxylic acids is 4. The largest absolute Gasteiger partial charge is 0.463 e. The maximum atomic E-state index is 11.9. The molecule has 1 aliphatic rings. The van der Waals surface area contributed by atoms with Crippen molar-refractivity contribution in [2.24, 2.45) is 5.41 Å². The Morgan fingerprint density at radius 2 is 1.36 bits per heavy atom. The van der Waals surface area contributed by atoms with Crippen molar-refractivity contribution in [2.75, 3.05) is 13.2 Å². The Morgan fingerprint density at radius 3 is 1.83 bits per heavy atom. The average molecular weight is 535 g/mol. The number of esters is 4. The lowest BCUT2D eigenvalue weighted by Gasteiger charge is -2.44. The van der Waals surface area contributed by atoms with Crippen molar-refractivity contribution in [1.82, 2.24) is 0 Å². The van der Waals surface area contributed by atoms with Crippen LogP contribution in [-0.2, 0) is 52.0 Å². The first-order valence-electron chi connectivity index (χ1n) is 12.2. The van der Waals surface area contributed by atoms with Crippen molar-refractivity contribution in [3.8, 4) is 0 Å². The summed E-state index contributed by atoms with van der Waals surface area (Å²) in [5.41, 5.74) is -0.0499. The third-order valence-electron chi connectivity index (χ3n) is 5.24. The molecule has 1 aliphatic heterocycles. The summed E-state index contributed by atoms with van der Waals surface area (Å²) in [6.07, 6.45) is -4.46. The van der Waals surface area contributed by atoms with Crippen molar-refractivity contribution < 1.29 is 52.0 Å². The molecule has 208 valence electrons. The summed E-state index contributed by atoms with van der Waals surface area (Å²) in [4.78, 5) is 47.0. The topological polar surface area (TPSA) is 133 Å². The fraction of sp³-hybridized carbons (Fsp3) is 0.833. The summed E-state index contributed by atoms with van der Waals surface area (Å²) in [7, 11) is -1.26. The first-order chi connectivity index (χ1) is 16.6. The predicted octanol–water partition coefficient (Wildman–Crippen LogP) is 2.28. The Kier molecular flexibility index (Phi) is 13.0. The number of hydrogen-bond donors (Lipinski definition) is 0. The number of rotatable bonds is 12. The van der Waals surface area contributed by atoms with Gasteiger partial charge in [0.15, 0.2) is 33.6 Å². The third-order valence-corrected chi connectivity index (χ3v) is 6.12. The van der Waals surface area contributed by atoms with Gasteiger partial charge in [0.2, 0.25) is 0 Å². The van der Waals surface area contributed by atoms with Crippen LogP contribution in [0.15, 0.2) is 0 Å². The van der Waals surface area contributed by atoms with E-state index < -0.39 is 63.6 Å². The predicted molar refractivity (Wildman–Crippen MR) is 130 cm³/mol. The Hall–Kier alpha value is -2.02. The Bertz CT molecular complexity index is 749. The van der Waals surface area contributed by atoms with Crippen LogP contribution >= 0.6 is 0 Å². The highest BCUT2D eigenvalue weighted by molar-refractivity contribution is 6.48. The van der Waals surface area contributed by atoms with Gasteiger partial charge in [-0.1, -0.05) is 20.8 Å². The second kappa shape index (κ2) is 14.6. The monoisotopic (exact) mass is 534 g/mol. The Labute approximate surface area is 215 Å². The van der Waals surface area contributed by atoms with Crippen LogP contribution in [0.4, 0.5) is 0 Å². The fourth-order valence-corrected chi connectivity index (χ4v) is 5.03. The normalized spacial score (nSPS) is 25.1. The van der Waals surface area contributed by atoms with Crippen molar-refractivity contribution in [3.63, 3.8) is 0 Å². The van der Waals surface area contributed by atoms with Gasteiger partial charge in [-0.15, -0.1) is 0 Å². The lowest BCUT2D eigenvalue weighted by Crippen LogP contribution is -2.63. The molecule has 0 aromatic heterocycles. The Morgan fingerprint density at radius 1 is 0.833 bits per heavy atom. The second-order valence-electron chi connectivity index (χ2n) is 10.1. The van der Waals surface area contributed by atoms with E-state index in [1.807, 2.05) is 0 Å². The van der Waals surface area contributed by atoms with Crippen LogP contribution in [0.5, 0.6) is 0 Å². The highest BCUT2D eigenvalue weighted by Gasteiger charge is 2.52. The van der Waals surface area contributed by atoms with Gasteiger partial charge in [-0.2, -0.15) is 0 Å². The van der Waals surface area contributed by atoms with E-state index >= 15 is 0 Å². The minimum Gasteiger partial charge on any atom is -0.463 e. The molecular weight excluding hydrogens is 492 g/mol. The van der Waals surface area contributed by atoms with Gasteiger partial charge >= 0.3 is 23.9 Å². The molecular formula is C24H42O11Si. The first kappa shape index (κ1) is 32.0. The third kappa shape index (κ3) is 11.4. The van der Waals surface area contributed by atoms with Crippen LogP contribution in [0.1, 0.15) is 61.3 Å². The zero-order valence-corrected chi connectivity index (χ0v) is 24.0. The van der Waals surface area contributed by atoms with E-state index in [0.717, 1.165) is 6.42 Å². The average Bonchev–Trinajstić information content (AvgIpc) is 2.70. The molecule has 0 bridgehead atoms. The molecule has 1 fully saturated rings. The van der Waals surface area contributed by atoms with Crippen molar-refractivity contribution in [1.29, 1.82) is 0 Å². The maximum Gasteiger partial charge on any atom is 0.303 e. The molecule has 6 atom stereocenters. The van der Waals surface area contributed by atoms with Gasteiger partial charge in [-0.25, -0.2) is 0 Å². The molecule has 0 N–H and O–H groups in total. The molecule has 1 rings (SSSR count). The van der Waals surface area contributed by atoms with Crippen LogP contribution < -0.4 is 0 Å². The molecule has 0 spiro atoms. The molecule has 12 heteroatoms. The summed E-state index contributed by atoms with van der Waals surface area (Å²) in [6, 6.07) is 0. The molecule has 1 heterocycles. The lowest BCUT2D eigenvalue weighted by atomic mass is 9.86. The van der Waals surface area contributed by atoms with Crippen LogP contribution in [0.3, 0.4) is 0 Å². The second-order valence-corrected chi connectivity index (χ2v) is 12.5. The quantitative estimate of drug-likeness (QED) is 0.158. The van der Waals surface area contributed by atoms with E-state index in [4.69, 9.17) is 32.8 Å². The molecule has 11 nitrogen and oxygen atoms in total. The summed E-state index contributed by atoms with van der Waals surface area (Å²) < 4.78 is 39.3. The Balaban J connectivity index is 3.11.